The van der Waals surface area contributed by atoms with E-state index < -0.39 is 0 Å². The molecule has 0 radical (unpaired) electrons. The molecule has 0 fully saturated rings. The molecule has 0 saturated heterocycles. The Labute approximate surface area is 115 Å². The lowest BCUT2D eigenvalue weighted by Gasteiger charge is -2.14. The summed E-state index contributed by atoms with van der Waals surface area (Å²) in [4.78, 5) is 24.6. The van der Waals surface area contributed by atoms with Gasteiger partial charge in [-0.1, -0.05) is 41.2 Å². The Morgan fingerprint density at radius 2 is 1.89 bits per heavy atom. The topological polar surface area (TPSA) is 34.1 Å². The van der Waals surface area contributed by atoms with E-state index in [0.29, 0.717) is 28.7 Å². The lowest BCUT2D eigenvalue weighted by atomic mass is 9.91. The first kappa shape index (κ1) is 13.0. The minimum atomic E-state index is -0.127. The van der Waals surface area contributed by atoms with Crippen molar-refractivity contribution in [2.24, 2.45) is 0 Å². The molecule has 0 heterocycles. The van der Waals surface area contributed by atoms with Gasteiger partial charge in [0.05, 0.1) is 0 Å². The second kappa shape index (κ2) is 5.02. The highest BCUT2D eigenvalue weighted by Gasteiger charge is 2.29. The van der Waals surface area contributed by atoms with Crippen LogP contribution in [-0.4, -0.2) is 11.6 Å². The minimum absolute atomic E-state index is 0.0151. The van der Waals surface area contributed by atoms with Crippen LogP contribution in [-0.2, 0) is 9.59 Å². The van der Waals surface area contributed by atoms with Crippen LogP contribution in [0.5, 0.6) is 0 Å². The van der Waals surface area contributed by atoms with E-state index in [1.54, 1.807) is 12.2 Å². The van der Waals surface area contributed by atoms with Crippen LogP contribution < -0.4 is 0 Å². The summed E-state index contributed by atoms with van der Waals surface area (Å²) >= 11 is 3.40. The summed E-state index contributed by atoms with van der Waals surface area (Å²) in [6.07, 6.45) is 6.47. The molecule has 3 heteroatoms. The van der Waals surface area contributed by atoms with Crippen LogP contribution in [0.2, 0.25) is 0 Å². The van der Waals surface area contributed by atoms with Gasteiger partial charge >= 0.3 is 0 Å². The molecule has 0 saturated carbocycles. The molecule has 18 heavy (non-hydrogen) atoms. The zero-order valence-electron chi connectivity index (χ0n) is 9.96. The second-order valence-corrected chi connectivity index (χ2v) is 5.28. The summed E-state index contributed by atoms with van der Waals surface area (Å²) in [6, 6.07) is 0. The predicted molar refractivity (Wildman–Crippen MR) is 75.3 cm³/mol. The zero-order valence-corrected chi connectivity index (χ0v) is 11.5. The van der Waals surface area contributed by atoms with Gasteiger partial charge in [0, 0.05) is 23.1 Å². The molecule has 0 aromatic carbocycles. The SMILES string of the molecule is C=CC1=C(C=C)C(=O)C2=C(CCC(Br)=C2)C(=O)C1. The van der Waals surface area contributed by atoms with Crippen molar-refractivity contribution in [1.82, 2.24) is 0 Å². The normalized spacial score (nSPS) is 20.4. The second-order valence-electron chi connectivity index (χ2n) is 4.26. The van der Waals surface area contributed by atoms with E-state index >= 15 is 0 Å². The fourth-order valence-electron chi connectivity index (χ4n) is 2.26. The van der Waals surface area contributed by atoms with Gasteiger partial charge in [-0.05, 0) is 29.0 Å². The lowest BCUT2D eigenvalue weighted by molar-refractivity contribution is -0.115. The number of ketones is 2. The highest BCUT2D eigenvalue weighted by atomic mass is 79.9. The largest absolute Gasteiger partial charge is 0.294 e. The first-order valence-electron chi connectivity index (χ1n) is 5.73. The van der Waals surface area contributed by atoms with Crippen LogP contribution in [0, 0.1) is 0 Å². The van der Waals surface area contributed by atoms with E-state index in [4.69, 9.17) is 0 Å². The van der Waals surface area contributed by atoms with Gasteiger partial charge in [-0.2, -0.15) is 0 Å². The molecule has 0 aromatic heterocycles. The van der Waals surface area contributed by atoms with Crippen LogP contribution in [0.3, 0.4) is 0 Å². The molecule has 2 rings (SSSR count). The Balaban J connectivity index is 2.63. The summed E-state index contributed by atoms with van der Waals surface area (Å²) in [7, 11) is 0. The average molecular weight is 305 g/mol. The summed E-state index contributed by atoms with van der Waals surface area (Å²) in [5.74, 6) is -0.112. The highest BCUT2D eigenvalue weighted by Crippen LogP contribution is 2.34. The van der Waals surface area contributed by atoms with Crippen LogP contribution in [0.1, 0.15) is 19.3 Å². The van der Waals surface area contributed by atoms with Crippen molar-refractivity contribution in [3.8, 4) is 0 Å². The van der Waals surface area contributed by atoms with E-state index in [1.165, 1.54) is 6.08 Å². The van der Waals surface area contributed by atoms with Crippen molar-refractivity contribution >= 4 is 27.5 Å². The summed E-state index contributed by atoms with van der Waals surface area (Å²) in [5, 5.41) is 0. The van der Waals surface area contributed by atoms with Crippen molar-refractivity contribution in [3.05, 3.63) is 58.2 Å². The van der Waals surface area contributed by atoms with E-state index in [9.17, 15) is 9.59 Å². The zero-order chi connectivity index (χ0) is 13.3. The monoisotopic (exact) mass is 304 g/mol. The third-order valence-electron chi connectivity index (χ3n) is 3.21. The number of carbonyl (C=O) groups is 2. The van der Waals surface area contributed by atoms with E-state index in [0.717, 1.165) is 10.9 Å². The van der Waals surface area contributed by atoms with Crippen LogP contribution in [0.25, 0.3) is 0 Å². The molecule has 0 aliphatic heterocycles. The Hall–Kier alpha value is -1.48. The van der Waals surface area contributed by atoms with Gasteiger partial charge in [0.1, 0.15) is 0 Å². The molecule has 0 unspecified atom stereocenters. The third kappa shape index (κ3) is 2.10. The number of carbonyl (C=O) groups excluding carboxylic acids is 2. The van der Waals surface area contributed by atoms with Gasteiger partial charge in [0.2, 0.25) is 0 Å². The molecule has 2 aliphatic rings. The number of allylic oxidation sites excluding steroid dienone is 8. The molecule has 92 valence electrons. The Morgan fingerprint density at radius 1 is 1.17 bits per heavy atom. The van der Waals surface area contributed by atoms with Gasteiger partial charge in [0.25, 0.3) is 0 Å². The maximum absolute atomic E-state index is 12.4. The molecular formula is C15H13BrO2. The van der Waals surface area contributed by atoms with Gasteiger partial charge in [-0.15, -0.1) is 0 Å². The highest BCUT2D eigenvalue weighted by molar-refractivity contribution is 9.11. The first-order chi connectivity index (χ1) is 8.58. The fraction of sp³-hybridized carbons (Fsp3) is 0.200. The van der Waals surface area contributed by atoms with Gasteiger partial charge < -0.3 is 0 Å². The molecule has 2 aliphatic carbocycles. The number of halogens is 1. The predicted octanol–water partition coefficient (Wildman–Crippen LogP) is 3.57. The lowest BCUT2D eigenvalue weighted by Crippen LogP contribution is -2.11. The number of hydrogen-bond acceptors (Lipinski definition) is 2. The smallest absolute Gasteiger partial charge is 0.193 e. The molecule has 0 atom stereocenters. The number of rotatable bonds is 2. The Bertz CT molecular complexity index is 559. The molecular weight excluding hydrogens is 292 g/mol. The van der Waals surface area contributed by atoms with Crippen molar-refractivity contribution in [3.63, 3.8) is 0 Å². The first-order valence-corrected chi connectivity index (χ1v) is 6.53. The van der Waals surface area contributed by atoms with Gasteiger partial charge in [-0.25, -0.2) is 0 Å². The fourth-order valence-corrected chi connectivity index (χ4v) is 2.69. The van der Waals surface area contributed by atoms with Crippen molar-refractivity contribution in [1.29, 1.82) is 0 Å². The molecule has 2 nitrogen and oxygen atoms in total. The minimum Gasteiger partial charge on any atom is -0.294 e. The summed E-state index contributed by atoms with van der Waals surface area (Å²) < 4.78 is 0.952. The third-order valence-corrected chi connectivity index (χ3v) is 3.84. The quantitative estimate of drug-likeness (QED) is 0.781. The molecule has 0 bridgehead atoms. The van der Waals surface area contributed by atoms with Crippen molar-refractivity contribution in [2.45, 2.75) is 19.3 Å². The Morgan fingerprint density at radius 3 is 2.50 bits per heavy atom. The van der Waals surface area contributed by atoms with Gasteiger partial charge in [0.15, 0.2) is 11.6 Å². The molecule has 0 amide bonds. The van der Waals surface area contributed by atoms with Crippen LogP contribution >= 0.6 is 15.9 Å². The maximum Gasteiger partial charge on any atom is 0.193 e. The van der Waals surface area contributed by atoms with E-state index in [-0.39, 0.29) is 18.0 Å². The molecule has 0 N–H and O–H groups in total. The van der Waals surface area contributed by atoms with E-state index in [1.807, 2.05) is 0 Å². The van der Waals surface area contributed by atoms with E-state index in [2.05, 4.69) is 29.1 Å². The van der Waals surface area contributed by atoms with Crippen molar-refractivity contribution < 1.29 is 9.59 Å². The number of hydrogen-bond donors (Lipinski definition) is 0. The molecule has 0 aromatic rings. The molecule has 0 spiro atoms. The summed E-state index contributed by atoms with van der Waals surface area (Å²) in [6.45, 7) is 7.34. The summed E-state index contributed by atoms with van der Waals surface area (Å²) in [5.41, 5.74) is 2.30. The standard InChI is InChI=1S/C15H13BrO2/c1-3-9-7-14(17)12-6-5-10(16)8-13(12)15(18)11(9)4-2/h3-4,8H,1-2,5-7H2. The number of Topliss-reactive ketones (excluding diaryl/α,β-unsaturated/α-hetero) is 2. The Kier molecular flexibility index (Phi) is 3.62. The van der Waals surface area contributed by atoms with Gasteiger partial charge in [-0.3, -0.25) is 9.59 Å². The van der Waals surface area contributed by atoms with Crippen LogP contribution in [0.4, 0.5) is 0 Å². The van der Waals surface area contributed by atoms with Crippen molar-refractivity contribution in [2.75, 3.05) is 0 Å². The average Bonchev–Trinajstić information content (AvgIpc) is 2.46. The van der Waals surface area contributed by atoms with Crippen LogP contribution in [0.15, 0.2) is 58.2 Å². The maximum atomic E-state index is 12.4.